The third-order valence-electron chi connectivity index (χ3n) is 3.84. The van der Waals surface area contributed by atoms with Gasteiger partial charge in [-0.1, -0.05) is 13.8 Å². The van der Waals surface area contributed by atoms with Gasteiger partial charge in [0.1, 0.15) is 0 Å². The molecule has 1 rings (SSSR count). The van der Waals surface area contributed by atoms with Crippen molar-refractivity contribution >= 4 is 0 Å². The van der Waals surface area contributed by atoms with Gasteiger partial charge >= 0.3 is 0 Å². The van der Waals surface area contributed by atoms with Crippen LogP contribution >= 0.6 is 0 Å². The quantitative estimate of drug-likeness (QED) is 0.832. The SMILES string of the molecule is Cc1nn(C(C)CC(C)(CO)NC(C)C)c(C)c1C. The van der Waals surface area contributed by atoms with E-state index in [0.29, 0.717) is 6.04 Å². The molecule has 1 aromatic heterocycles. The molecule has 0 fully saturated rings. The van der Waals surface area contributed by atoms with Crippen LogP contribution in [-0.4, -0.2) is 33.1 Å². The highest BCUT2D eigenvalue weighted by Crippen LogP contribution is 2.24. The molecule has 0 radical (unpaired) electrons. The lowest BCUT2D eigenvalue weighted by molar-refractivity contribution is 0.140. The Balaban J connectivity index is 2.88. The van der Waals surface area contributed by atoms with Crippen molar-refractivity contribution in [3.8, 4) is 0 Å². The maximum Gasteiger partial charge on any atom is 0.0625 e. The molecule has 0 aliphatic rings. The lowest BCUT2D eigenvalue weighted by Gasteiger charge is -2.34. The van der Waals surface area contributed by atoms with E-state index >= 15 is 0 Å². The number of hydrogen-bond acceptors (Lipinski definition) is 3. The molecule has 2 N–H and O–H groups in total. The van der Waals surface area contributed by atoms with Crippen molar-refractivity contribution < 1.29 is 5.11 Å². The van der Waals surface area contributed by atoms with E-state index in [9.17, 15) is 5.11 Å². The van der Waals surface area contributed by atoms with Crippen LogP contribution in [0.25, 0.3) is 0 Å². The molecular weight excluding hydrogens is 238 g/mol. The summed E-state index contributed by atoms with van der Waals surface area (Å²) in [5.41, 5.74) is 3.30. The fraction of sp³-hybridized carbons (Fsp3) is 0.800. The summed E-state index contributed by atoms with van der Waals surface area (Å²) in [5, 5.41) is 17.7. The summed E-state index contributed by atoms with van der Waals surface area (Å²) >= 11 is 0. The summed E-state index contributed by atoms with van der Waals surface area (Å²) in [7, 11) is 0. The van der Waals surface area contributed by atoms with E-state index in [4.69, 9.17) is 0 Å². The van der Waals surface area contributed by atoms with E-state index in [1.807, 2.05) is 6.92 Å². The van der Waals surface area contributed by atoms with E-state index in [0.717, 1.165) is 12.1 Å². The highest BCUT2D eigenvalue weighted by Gasteiger charge is 2.28. The highest BCUT2D eigenvalue weighted by atomic mass is 16.3. The minimum absolute atomic E-state index is 0.133. The van der Waals surface area contributed by atoms with Gasteiger partial charge in [0.25, 0.3) is 0 Å². The molecule has 4 heteroatoms. The van der Waals surface area contributed by atoms with Crippen LogP contribution in [0.3, 0.4) is 0 Å². The average molecular weight is 267 g/mol. The number of nitrogens with one attached hydrogen (secondary N) is 1. The Morgan fingerprint density at radius 3 is 2.21 bits per heavy atom. The molecule has 1 aromatic rings. The van der Waals surface area contributed by atoms with Crippen molar-refractivity contribution in [3.63, 3.8) is 0 Å². The van der Waals surface area contributed by atoms with Crippen LogP contribution in [0.4, 0.5) is 0 Å². The zero-order chi connectivity index (χ0) is 14.8. The van der Waals surface area contributed by atoms with Crippen molar-refractivity contribution in [2.75, 3.05) is 6.61 Å². The fourth-order valence-electron chi connectivity index (χ4n) is 2.78. The van der Waals surface area contributed by atoms with Gasteiger partial charge in [0.2, 0.25) is 0 Å². The van der Waals surface area contributed by atoms with Gasteiger partial charge in [0.15, 0.2) is 0 Å². The van der Waals surface area contributed by atoms with Crippen LogP contribution in [0, 0.1) is 20.8 Å². The number of aliphatic hydroxyl groups is 1. The minimum Gasteiger partial charge on any atom is -0.394 e. The van der Waals surface area contributed by atoms with Gasteiger partial charge in [0, 0.05) is 17.3 Å². The van der Waals surface area contributed by atoms with Crippen LogP contribution in [0.1, 0.15) is 57.1 Å². The van der Waals surface area contributed by atoms with Crippen molar-refractivity contribution in [1.29, 1.82) is 0 Å². The molecule has 19 heavy (non-hydrogen) atoms. The molecule has 1 heterocycles. The predicted octanol–water partition coefficient (Wildman–Crippen LogP) is 2.51. The molecule has 0 amide bonds. The van der Waals surface area contributed by atoms with Gasteiger partial charge < -0.3 is 10.4 Å². The lowest BCUT2D eigenvalue weighted by atomic mass is 9.93. The topological polar surface area (TPSA) is 50.1 Å². The summed E-state index contributed by atoms with van der Waals surface area (Å²) in [6.45, 7) is 14.8. The number of aliphatic hydroxyl groups excluding tert-OH is 1. The van der Waals surface area contributed by atoms with Gasteiger partial charge in [-0.25, -0.2) is 0 Å². The van der Waals surface area contributed by atoms with Crippen LogP contribution in [-0.2, 0) is 0 Å². The second-order valence-corrected chi connectivity index (χ2v) is 6.31. The van der Waals surface area contributed by atoms with Crippen LogP contribution < -0.4 is 5.32 Å². The third kappa shape index (κ3) is 3.80. The van der Waals surface area contributed by atoms with Gasteiger partial charge in [-0.15, -0.1) is 0 Å². The van der Waals surface area contributed by atoms with Gasteiger partial charge in [-0.05, 0) is 46.6 Å². The maximum absolute atomic E-state index is 9.67. The molecule has 2 atom stereocenters. The largest absolute Gasteiger partial charge is 0.394 e. The van der Waals surface area contributed by atoms with Crippen molar-refractivity contribution in [2.45, 2.75) is 72.5 Å². The molecule has 4 nitrogen and oxygen atoms in total. The third-order valence-corrected chi connectivity index (χ3v) is 3.84. The first-order valence-corrected chi connectivity index (χ1v) is 7.11. The molecule has 0 bridgehead atoms. The molecule has 0 aromatic carbocycles. The van der Waals surface area contributed by atoms with Gasteiger partial charge in [-0.3, -0.25) is 4.68 Å². The van der Waals surface area contributed by atoms with Crippen molar-refractivity contribution in [1.82, 2.24) is 15.1 Å². The van der Waals surface area contributed by atoms with Crippen molar-refractivity contribution in [2.24, 2.45) is 0 Å². The summed E-state index contributed by atoms with van der Waals surface area (Å²) in [4.78, 5) is 0. The summed E-state index contributed by atoms with van der Waals surface area (Å²) in [6.07, 6.45) is 0.850. The number of rotatable bonds is 6. The molecule has 0 saturated carbocycles. The predicted molar refractivity (Wildman–Crippen MR) is 79.5 cm³/mol. The summed E-state index contributed by atoms with van der Waals surface area (Å²) in [5.74, 6) is 0. The molecule has 0 saturated heterocycles. The monoisotopic (exact) mass is 267 g/mol. The fourth-order valence-corrected chi connectivity index (χ4v) is 2.78. The Labute approximate surface area is 117 Å². The van der Waals surface area contributed by atoms with Gasteiger partial charge in [0.05, 0.1) is 18.3 Å². The number of aromatic nitrogens is 2. The first kappa shape index (κ1) is 16.2. The Morgan fingerprint density at radius 1 is 1.26 bits per heavy atom. The Kier molecular flexibility index (Phi) is 5.16. The van der Waals surface area contributed by atoms with E-state index in [1.54, 1.807) is 0 Å². The van der Waals surface area contributed by atoms with E-state index in [1.165, 1.54) is 11.3 Å². The van der Waals surface area contributed by atoms with E-state index < -0.39 is 0 Å². The Hall–Kier alpha value is -0.870. The molecule has 0 spiro atoms. The second-order valence-electron chi connectivity index (χ2n) is 6.31. The molecule has 2 unspecified atom stereocenters. The van der Waals surface area contributed by atoms with Crippen LogP contribution in [0.15, 0.2) is 0 Å². The number of nitrogens with zero attached hydrogens (tertiary/aromatic N) is 2. The number of hydrogen-bond donors (Lipinski definition) is 2. The Bertz CT molecular complexity index is 425. The standard InChI is InChI=1S/C15H29N3O/c1-10(2)16-15(7,9-19)8-11(3)18-14(6)12(4)13(5)17-18/h10-11,16,19H,8-9H2,1-7H3. The molecule has 110 valence electrons. The highest BCUT2D eigenvalue weighted by molar-refractivity contribution is 5.22. The second kappa shape index (κ2) is 6.06. The summed E-state index contributed by atoms with van der Waals surface area (Å²) < 4.78 is 2.08. The normalized spacial score (nSPS) is 16.7. The maximum atomic E-state index is 9.67. The first-order valence-electron chi connectivity index (χ1n) is 7.11. The van der Waals surface area contributed by atoms with E-state index in [-0.39, 0.29) is 18.2 Å². The zero-order valence-electron chi connectivity index (χ0n) is 13.4. The first-order chi connectivity index (χ1) is 8.70. The average Bonchev–Trinajstić information content (AvgIpc) is 2.56. The van der Waals surface area contributed by atoms with E-state index in [2.05, 4.69) is 56.6 Å². The zero-order valence-corrected chi connectivity index (χ0v) is 13.4. The van der Waals surface area contributed by atoms with Crippen LogP contribution in [0.5, 0.6) is 0 Å². The number of aryl methyl sites for hydroxylation is 1. The van der Waals surface area contributed by atoms with Gasteiger partial charge in [-0.2, -0.15) is 5.10 Å². The summed E-state index contributed by atoms with van der Waals surface area (Å²) in [6, 6.07) is 0.613. The molecule has 0 aliphatic carbocycles. The van der Waals surface area contributed by atoms with Crippen LogP contribution in [0.2, 0.25) is 0 Å². The lowest BCUT2D eigenvalue weighted by Crippen LogP contribution is -2.50. The van der Waals surface area contributed by atoms with Crippen molar-refractivity contribution in [3.05, 3.63) is 17.0 Å². The smallest absolute Gasteiger partial charge is 0.0625 e. The minimum atomic E-state index is -0.270. The molecular formula is C15H29N3O. The molecule has 0 aliphatic heterocycles. The Morgan fingerprint density at radius 2 is 1.84 bits per heavy atom.